The fraction of sp³-hybridized carbons (Fsp3) is 0.562. The highest BCUT2D eigenvalue weighted by molar-refractivity contribution is 5.93. The minimum absolute atomic E-state index is 0.0891. The Kier molecular flexibility index (Phi) is 3.45. The summed E-state index contributed by atoms with van der Waals surface area (Å²) in [5.41, 5.74) is 2.40. The fourth-order valence-corrected chi connectivity index (χ4v) is 3.28. The van der Waals surface area contributed by atoms with Gasteiger partial charge < -0.3 is 5.32 Å². The molecule has 0 radical (unpaired) electrons. The number of anilines is 1. The molecule has 1 aliphatic carbocycles. The van der Waals surface area contributed by atoms with E-state index in [-0.39, 0.29) is 6.03 Å². The molecule has 1 aromatic rings. The van der Waals surface area contributed by atoms with Crippen molar-refractivity contribution in [3.05, 3.63) is 29.8 Å². The summed E-state index contributed by atoms with van der Waals surface area (Å²) < 4.78 is 0. The number of carbonyl (C=O) groups excluding carboxylic acids is 1. The van der Waals surface area contributed by atoms with Crippen LogP contribution in [0.2, 0.25) is 0 Å². The van der Waals surface area contributed by atoms with Crippen molar-refractivity contribution < 1.29 is 4.79 Å². The van der Waals surface area contributed by atoms with Gasteiger partial charge in [-0.15, -0.1) is 0 Å². The van der Waals surface area contributed by atoms with Crippen LogP contribution in [0.25, 0.3) is 0 Å². The number of rotatable bonds is 1. The Hall–Kier alpha value is -1.51. The highest BCUT2D eigenvalue weighted by Crippen LogP contribution is 2.34. The van der Waals surface area contributed by atoms with Crippen molar-refractivity contribution in [3.8, 4) is 0 Å². The number of nitrogens with one attached hydrogen (secondary N) is 1. The molecule has 1 unspecified atom stereocenters. The van der Waals surface area contributed by atoms with Gasteiger partial charge in [-0.05, 0) is 36.8 Å². The summed E-state index contributed by atoms with van der Waals surface area (Å²) in [7, 11) is 0. The van der Waals surface area contributed by atoms with Gasteiger partial charge in [0, 0.05) is 18.3 Å². The predicted octanol–water partition coefficient (Wildman–Crippen LogP) is 3.65. The van der Waals surface area contributed by atoms with Gasteiger partial charge in [0.1, 0.15) is 0 Å². The van der Waals surface area contributed by atoms with Gasteiger partial charge in [0.2, 0.25) is 0 Å². The van der Waals surface area contributed by atoms with Crippen molar-refractivity contribution in [2.75, 3.05) is 11.4 Å². The van der Waals surface area contributed by atoms with Crippen molar-refractivity contribution in [2.45, 2.75) is 51.0 Å². The second-order valence-electron chi connectivity index (χ2n) is 5.83. The van der Waals surface area contributed by atoms with E-state index in [0.717, 1.165) is 31.5 Å². The number of nitrogens with zero attached hydrogens (tertiary/aromatic N) is 1. The summed E-state index contributed by atoms with van der Waals surface area (Å²) in [6.45, 7) is 3.07. The van der Waals surface area contributed by atoms with Crippen molar-refractivity contribution in [1.29, 1.82) is 0 Å². The first-order valence-corrected chi connectivity index (χ1v) is 7.42. The number of para-hydroxylation sites is 1. The highest BCUT2D eigenvalue weighted by atomic mass is 16.2. The average Bonchev–Trinajstić information content (AvgIpc) is 2.92. The lowest BCUT2D eigenvalue weighted by Crippen LogP contribution is -2.46. The highest BCUT2D eigenvalue weighted by Gasteiger charge is 2.27. The van der Waals surface area contributed by atoms with Gasteiger partial charge in [-0.1, -0.05) is 38.0 Å². The molecular formula is C16H22N2O. The smallest absolute Gasteiger partial charge is 0.322 e. The van der Waals surface area contributed by atoms with Crippen LogP contribution in [0.4, 0.5) is 10.5 Å². The third kappa shape index (κ3) is 2.46. The van der Waals surface area contributed by atoms with Crippen LogP contribution in [0.15, 0.2) is 24.3 Å². The molecule has 1 N–H and O–H groups in total. The third-order valence-corrected chi connectivity index (χ3v) is 4.47. The molecule has 0 bridgehead atoms. The second-order valence-corrected chi connectivity index (χ2v) is 5.83. The minimum Gasteiger partial charge on any atom is -0.335 e. The quantitative estimate of drug-likeness (QED) is 0.819. The number of benzene rings is 1. The topological polar surface area (TPSA) is 32.3 Å². The van der Waals surface area contributed by atoms with E-state index in [1.807, 2.05) is 11.0 Å². The fourth-order valence-electron chi connectivity index (χ4n) is 3.28. The van der Waals surface area contributed by atoms with Gasteiger partial charge in [0.05, 0.1) is 0 Å². The molecule has 1 aromatic carbocycles. The molecule has 0 aromatic heterocycles. The maximum atomic E-state index is 12.4. The van der Waals surface area contributed by atoms with E-state index in [2.05, 4.69) is 30.4 Å². The van der Waals surface area contributed by atoms with E-state index in [9.17, 15) is 4.79 Å². The van der Waals surface area contributed by atoms with Crippen molar-refractivity contribution in [1.82, 2.24) is 5.32 Å². The van der Waals surface area contributed by atoms with E-state index in [0.29, 0.717) is 12.0 Å². The molecule has 19 heavy (non-hydrogen) atoms. The molecule has 0 spiro atoms. The Balaban J connectivity index is 1.77. The first-order chi connectivity index (χ1) is 9.25. The molecule has 3 nitrogen and oxygen atoms in total. The Morgan fingerprint density at radius 3 is 2.74 bits per heavy atom. The SMILES string of the molecule is CC1CCN(C(=O)NC2CCCC2)c2ccccc21. The Labute approximate surface area is 115 Å². The van der Waals surface area contributed by atoms with Crippen LogP contribution in [-0.4, -0.2) is 18.6 Å². The van der Waals surface area contributed by atoms with E-state index in [1.165, 1.54) is 18.4 Å². The van der Waals surface area contributed by atoms with Crippen LogP contribution in [0, 0.1) is 0 Å². The first kappa shape index (κ1) is 12.5. The number of hydrogen-bond acceptors (Lipinski definition) is 1. The first-order valence-electron chi connectivity index (χ1n) is 7.42. The van der Waals surface area contributed by atoms with E-state index >= 15 is 0 Å². The molecular weight excluding hydrogens is 236 g/mol. The summed E-state index contributed by atoms with van der Waals surface area (Å²) in [6.07, 6.45) is 5.82. The Bertz CT molecular complexity index is 466. The van der Waals surface area contributed by atoms with Gasteiger partial charge in [-0.2, -0.15) is 0 Å². The summed E-state index contributed by atoms with van der Waals surface area (Å²) in [6, 6.07) is 8.78. The lowest BCUT2D eigenvalue weighted by molar-refractivity contribution is 0.242. The van der Waals surface area contributed by atoms with E-state index < -0.39 is 0 Å². The normalized spacial score (nSPS) is 23.2. The summed E-state index contributed by atoms with van der Waals surface area (Å²) in [5, 5.41) is 3.19. The van der Waals surface area contributed by atoms with Crippen LogP contribution in [0.1, 0.15) is 50.5 Å². The van der Waals surface area contributed by atoms with Gasteiger partial charge in [0.25, 0.3) is 0 Å². The van der Waals surface area contributed by atoms with Crippen LogP contribution in [0.3, 0.4) is 0 Å². The van der Waals surface area contributed by atoms with Crippen molar-refractivity contribution in [3.63, 3.8) is 0 Å². The van der Waals surface area contributed by atoms with Crippen molar-refractivity contribution >= 4 is 11.7 Å². The lowest BCUT2D eigenvalue weighted by atomic mass is 9.92. The molecule has 1 fully saturated rings. The molecule has 2 aliphatic rings. The summed E-state index contributed by atoms with van der Waals surface area (Å²) in [5.74, 6) is 0.548. The molecule has 3 heteroatoms. The molecule has 2 amide bonds. The van der Waals surface area contributed by atoms with Gasteiger partial charge in [-0.3, -0.25) is 4.90 Å². The molecule has 3 rings (SSSR count). The molecule has 1 saturated carbocycles. The zero-order valence-corrected chi connectivity index (χ0v) is 11.6. The van der Waals surface area contributed by atoms with Crippen LogP contribution >= 0.6 is 0 Å². The van der Waals surface area contributed by atoms with Gasteiger partial charge >= 0.3 is 6.03 Å². The van der Waals surface area contributed by atoms with Crippen molar-refractivity contribution in [2.24, 2.45) is 0 Å². The van der Waals surface area contributed by atoms with E-state index in [4.69, 9.17) is 0 Å². The Morgan fingerprint density at radius 1 is 1.21 bits per heavy atom. The third-order valence-electron chi connectivity index (χ3n) is 4.47. The van der Waals surface area contributed by atoms with E-state index in [1.54, 1.807) is 0 Å². The molecule has 0 saturated heterocycles. The standard InChI is InChI=1S/C16H22N2O/c1-12-10-11-18(15-9-5-4-8-14(12)15)16(19)17-13-6-2-3-7-13/h4-5,8-9,12-13H,2-3,6-7,10-11H2,1H3,(H,17,19). The molecule has 102 valence electrons. The second kappa shape index (κ2) is 5.24. The van der Waals surface area contributed by atoms with Gasteiger partial charge in [0.15, 0.2) is 0 Å². The zero-order valence-electron chi connectivity index (χ0n) is 11.6. The number of hydrogen-bond donors (Lipinski definition) is 1. The average molecular weight is 258 g/mol. The number of fused-ring (bicyclic) bond motifs is 1. The molecule has 1 aliphatic heterocycles. The number of amides is 2. The monoisotopic (exact) mass is 258 g/mol. The summed E-state index contributed by atoms with van der Waals surface area (Å²) >= 11 is 0. The number of urea groups is 1. The number of carbonyl (C=O) groups is 1. The minimum atomic E-state index is 0.0891. The lowest BCUT2D eigenvalue weighted by Gasteiger charge is -2.33. The van der Waals surface area contributed by atoms with Gasteiger partial charge in [-0.25, -0.2) is 4.79 Å². The largest absolute Gasteiger partial charge is 0.335 e. The Morgan fingerprint density at radius 2 is 1.95 bits per heavy atom. The summed E-state index contributed by atoms with van der Waals surface area (Å²) in [4.78, 5) is 14.4. The van der Waals surface area contributed by atoms with Crippen LogP contribution in [0.5, 0.6) is 0 Å². The predicted molar refractivity (Wildman–Crippen MR) is 77.6 cm³/mol. The zero-order chi connectivity index (χ0) is 13.2. The molecule has 1 heterocycles. The molecule has 1 atom stereocenters. The van der Waals surface area contributed by atoms with Crippen LogP contribution in [-0.2, 0) is 0 Å². The maximum absolute atomic E-state index is 12.4. The maximum Gasteiger partial charge on any atom is 0.322 e. The van der Waals surface area contributed by atoms with Crippen LogP contribution < -0.4 is 10.2 Å².